The number of alkyl carbamates (subject to hydrolysis) is 1. The lowest BCUT2D eigenvalue weighted by Gasteiger charge is -2.18. The SMILES string of the molecule is COC(=O)N[C@@H](C)CNc1nccc(C2=C(c3cc(Cl)cc(NS(=O)(=O)c4cc(F)ccc4F)c3F)C(=O)C(C)(C)O2)n1. The monoisotopic (exact) mass is 639 g/mol. The van der Waals surface area contributed by atoms with E-state index in [1.165, 1.54) is 33.2 Å². The predicted molar refractivity (Wildman–Crippen MR) is 151 cm³/mol. The number of methoxy groups -OCH3 is 1. The van der Waals surface area contributed by atoms with Crippen LogP contribution in [0.4, 0.5) is 29.6 Å². The first-order valence-corrected chi connectivity index (χ1v) is 14.4. The third kappa shape index (κ3) is 6.83. The molecule has 0 spiro atoms. The minimum absolute atomic E-state index is 0.0725. The fourth-order valence-corrected chi connectivity index (χ4v) is 5.39. The van der Waals surface area contributed by atoms with E-state index in [0.717, 1.165) is 18.2 Å². The molecule has 0 aliphatic carbocycles. The molecule has 0 radical (unpaired) electrons. The van der Waals surface area contributed by atoms with Crippen LogP contribution in [0.2, 0.25) is 5.02 Å². The Morgan fingerprint density at radius 2 is 1.88 bits per heavy atom. The number of nitrogens with one attached hydrogen (secondary N) is 3. The second-order valence-electron chi connectivity index (χ2n) is 9.82. The first-order chi connectivity index (χ1) is 20.1. The van der Waals surface area contributed by atoms with Gasteiger partial charge in [0, 0.05) is 29.4 Å². The molecule has 11 nitrogen and oxygen atoms in total. The molecular weight excluding hydrogens is 615 g/mol. The van der Waals surface area contributed by atoms with E-state index >= 15 is 4.39 Å². The molecule has 0 saturated carbocycles. The molecule has 1 atom stereocenters. The number of nitrogens with zero attached hydrogens (tertiary/aromatic N) is 2. The van der Waals surface area contributed by atoms with Crippen LogP contribution in [0, 0.1) is 17.5 Å². The van der Waals surface area contributed by atoms with Gasteiger partial charge in [-0.15, -0.1) is 0 Å². The van der Waals surface area contributed by atoms with Gasteiger partial charge < -0.3 is 20.1 Å². The standard InChI is InChI=1S/C27H25ClF3N5O6S/c1-13(34-26(38)41-4)12-33-25-32-8-7-18(35-25)23-21(24(37)27(2,3)42-23)16-9-14(28)10-19(22(16)31)36-43(39,40)20-11-15(29)5-6-17(20)30/h5-11,13,36H,12H2,1-4H3,(H,34,38)(H,32,33,35)/t13-/m0/s1. The summed E-state index contributed by atoms with van der Waals surface area (Å²) in [4.78, 5) is 32.3. The van der Waals surface area contributed by atoms with Gasteiger partial charge in [0.05, 0.1) is 18.4 Å². The van der Waals surface area contributed by atoms with Crippen molar-refractivity contribution in [2.24, 2.45) is 0 Å². The second-order valence-corrected chi connectivity index (χ2v) is 11.9. The number of ketones is 1. The third-order valence-corrected chi connectivity index (χ3v) is 7.69. The molecule has 0 bridgehead atoms. The number of hydrogen-bond donors (Lipinski definition) is 3. The normalized spacial score (nSPS) is 15.1. The summed E-state index contributed by atoms with van der Waals surface area (Å²) >= 11 is 6.20. The molecule has 3 aromatic rings. The van der Waals surface area contributed by atoms with Crippen LogP contribution in [0.25, 0.3) is 11.3 Å². The van der Waals surface area contributed by atoms with Crippen molar-refractivity contribution in [2.45, 2.75) is 37.3 Å². The number of sulfonamides is 1. The van der Waals surface area contributed by atoms with Crippen molar-refractivity contribution in [3.8, 4) is 0 Å². The lowest BCUT2D eigenvalue weighted by molar-refractivity contribution is -0.125. The Hall–Kier alpha value is -4.37. The number of hydrogen-bond acceptors (Lipinski definition) is 9. The maximum atomic E-state index is 16.0. The average Bonchev–Trinajstić information content (AvgIpc) is 3.18. The number of carbonyl (C=O) groups is 2. The minimum Gasteiger partial charge on any atom is -0.477 e. The summed E-state index contributed by atoms with van der Waals surface area (Å²) in [7, 11) is -3.61. The van der Waals surface area contributed by atoms with E-state index in [9.17, 15) is 26.8 Å². The molecule has 0 saturated heterocycles. The fourth-order valence-electron chi connectivity index (χ4n) is 4.04. The molecule has 43 heavy (non-hydrogen) atoms. The Kier molecular flexibility index (Phi) is 8.87. The van der Waals surface area contributed by atoms with Crippen molar-refractivity contribution in [1.82, 2.24) is 15.3 Å². The van der Waals surface area contributed by atoms with Gasteiger partial charge in [0.2, 0.25) is 11.7 Å². The molecule has 4 rings (SSSR count). The number of amides is 1. The zero-order chi connectivity index (χ0) is 31.7. The molecular formula is C27H25ClF3N5O6S. The highest BCUT2D eigenvalue weighted by atomic mass is 35.5. The van der Waals surface area contributed by atoms with Gasteiger partial charge in [-0.05, 0) is 57.2 Å². The van der Waals surface area contributed by atoms with Crippen molar-refractivity contribution in [3.05, 3.63) is 76.3 Å². The Morgan fingerprint density at radius 1 is 1.16 bits per heavy atom. The van der Waals surface area contributed by atoms with Crippen molar-refractivity contribution in [3.63, 3.8) is 0 Å². The molecule has 1 aromatic heterocycles. The average molecular weight is 640 g/mol. The van der Waals surface area contributed by atoms with Gasteiger partial charge in [-0.2, -0.15) is 0 Å². The molecule has 1 aliphatic heterocycles. The van der Waals surface area contributed by atoms with E-state index in [4.69, 9.17) is 16.3 Å². The van der Waals surface area contributed by atoms with Crippen molar-refractivity contribution >= 4 is 56.5 Å². The van der Waals surface area contributed by atoms with Crippen LogP contribution >= 0.6 is 11.6 Å². The molecule has 228 valence electrons. The number of anilines is 2. The summed E-state index contributed by atoms with van der Waals surface area (Å²) in [6.07, 6.45) is 0.721. The molecule has 3 N–H and O–H groups in total. The Balaban J connectivity index is 1.75. The van der Waals surface area contributed by atoms with E-state index in [1.54, 1.807) is 6.92 Å². The van der Waals surface area contributed by atoms with Gasteiger partial charge >= 0.3 is 6.09 Å². The molecule has 1 aliphatic rings. The van der Waals surface area contributed by atoms with Gasteiger partial charge in [0.15, 0.2) is 17.2 Å². The van der Waals surface area contributed by atoms with Crippen LogP contribution in [0.3, 0.4) is 0 Å². The molecule has 16 heteroatoms. The topological polar surface area (TPSA) is 149 Å². The van der Waals surface area contributed by atoms with Crippen LogP contribution in [-0.4, -0.2) is 55.6 Å². The largest absolute Gasteiger partial charge is 0.477 e. The lowest BCUT2D eigenvalue weighted by atomic mass is 9.92. The van der Waals surface area contributed by atoms with E-state index in [-0.39, 0.29) is 40.6 Å². The molecule has 0 fully saturated rings. The minimum atomic E-state index is -4.84. The number of benzene rings is 2. The number of ether oxygens (including phenoxy) is 2. The predicted octanol–water partition coefficient (Wildman–Crippen LogP) is 4.75. The van der Waals surface area contributed by atoms with Crippen LogP contribution < -0.4 is 15.4 Å². The van der Waals surface area contributed by atoms with Crippen molar-refractivity contribution < 1.29 is 40.7 Å². The smallest absolute Gasteiger partial charge is 0.407 e. The summed E-state index contributed by atoms with van der Waals surface area (Å²) in [5.41, 5.74) is -2.87. The van der Waals surface area contributed by atoms with Gasteiger partial charge in [0.25, 0.3) is 10.0 Å². The van der Waals surface area contributed by atoms with E-state index in [2.05, 4.69) is 25.3 Å². The molecule has 2 aromatic carbocycles. The highest BCUT2D eigenvalue weighted by Crippen LogP contribution is 2.43. The second kappa shape index (κ2) is 12.1. The Morgan fingerprint density at radius 3 is 2.58 bits per heavy atom. The molecule has 1 amide bonds. The zero-order valence-corrected chi connectivity index (χ0v) is 24.7. The van der Waals surface area contributed by atoms with E-state index in [0.29, 0.717) is 12.1 Å². The third-order valence-electron chi connectivity index (χ3n) is 6.10. The van der Waals surface area contributed by atoms with Crippen LogP contribution in [-0.2, 0) is 24.3 Å². The highest BCUT2D eigenvalue weighted by Gasteiger charge is 2.44. The first-order valence-electron chi connectivity index (χ1n) is 12.5. The number of aromatic nitrogens is 2. The van der Waals surface area contributed by atoms with Crippen molar-refractivity contribution in [1.29, 1.82) is 0 Å². The maximum Gasteiger partial charge on any atom is 0.407 e. The van der Waals surface area contributed by atoms with E-state index < -0.39 is 61.1 Å². The molecule has 0 unspecified atom stereocenters. The summed E-state index contributed by atoms with van der Waals surface area (Å²) in [6.45, 7) is 4.78. The summed E-state index contributed by atoms with van der Waals surface area (Å²) < 4.78 is 82.0. The van der Waals surface area contributed by atoms with Gasteiger partial charge in [-0.1, -0.05) is 11.6 Å². The number of carbonyl (C=O) groups excluding carboxylic acids is 2. The Bertz CT molecular complexity index is 1750. The van der Waals surface area contributed by atoms with Gasteiger partial charge in [0.1, 0.15) is 22.2 Å². The van der Waals surface area contributed by atoms with Crippen molar-refractivity contribution in [2.75, 3.05) is 23.7 Å². The van der Waals surface area contributed by atoms with Gasteiger partial charge in [-0.3, -0.25) is 9.52 Å². The number of halogens is 4. The maximum absolute atomic E-state index is 16.0. The van der Waals surface area contributed by atoms with Gasteiger partial charge in [-0.25, -0.2) is 36.4 Å². The number of rotatable bonds is 9. The van der Waals surface area contributed by atoms with Crippen LogP contribution in [0.1, 0.15) is 32.0 Å². The van der Waals surface area contributed by atoms with Crippen LogP contribution in [0.5, 0.6) is 0 Å². The summed E-state index contributed by atoms with van der Waals surface area (Å²) in [5, 5.41) is 5.30. The summed E-state index contributed by atoms with van der Waals surface area (Å²) in [5.74, 6) is -4.27. The summed E-state index contributed by atoms with van der Waals surface area (Å²) in [6, 6.07) is 4.80. The lowest BCUT2D eigenvalue weighted by Crippen LogP contribution is -2.37. The van der Waals surface area contributed by atoms with Crippen LogP contribution in [0.15, 0.2) is 47.5 Å². The quantitative estimate of drug-likeness (QED) is 0.302. The van der Waals surface area contributed by atoms with E-state index in [1.807, 2.05) is 4.72 Å². The first kappa shape index (κ1) is 31.6. The number of Topliss-reactive ketones (excluding diaryl/α,β-unsaturated/α-hetero) is 1. The Labute approximate surface area is 249 Å². The fraction of sp³-hybridized carbons (Fsp3) is 0.259. The molecule has 2 heterocycles. The highest BCUT2D eigenvalue weighted by molar-refractivity contribution is 7.92. The zero-order valence-electron chi connectivity index (χ0n) is 23.1.